The third-order valence-corrected chi connectivity index (χ3v) is 1.14. The number of esters is 1. The van der Waals surface area contributed by atoms with Gasteiger partial charge in [0.15, 0.2) is 6.10 Å². The van der Waals surface area contributed by atoms with Crippen LogP contribution in [0.15, 0.2) is 0 Å². The summed E-state index contributed by atoms with van der Waals surface area (Å²) in [5.74, 6) is -2.53. The van der Waals surface area contributed by atoms with Crippen LogP contribution in [0.4, 0.5) is 8.78 Å². The van der Waals surface area contributed by atoms with Gasteiger partial charge < -0.3 is 15.2 Å². The number of nitrogens with one attached hydrogen (secondary N) is 1. The first-order chi connectivity index (χ1) is 5.99. The van der Waals surface area contributed by atoms with Crippen LogP contribution in [0.25, 0.3) is 0 Å². The molecular weight excluding hydrogens is 188 g/mol. The molecule has 13 heavy (non-hydrogen) atoms. The van der Waals surface area contributed by atoms with Crippen molar-refractivity contribution in [2.45, 2.75) is 12.5 Å². The molecule has 0 rings (SSSR count). The first-order valence-electron chi connectivity index (χ1n) is 3.30. The molecule has 76 valence electrons. The SMILES string of the molecule is COC(=O)C(O)CNC(=O)C(F)F. The van der Waals surface area contributed by atoms with Crippen molar-refractivity contribution in [2.75, 3.05) is 13.7 Å². The zero-order chi connectivity index (χ0) is 10.4. The van der Waals surface area contributed by atoms with E-state index in [-0.39, 0.29) is 0 Å². The highest BCUT2D eigenvalue weighted by Gasteiger charge is 2.19. The molecule has 0 saturated heterocycles. The van der Waals surface area contributed by atoms with Crippen LogP contribution >= 0.6 is 0 Å². The molecule has 1 unspecified atom stereocenters. The zero-order valence-corrected chi connectivity index (χ0v) is 6.79. The van der Waals surface area contributed by atoms with E-state index in [1.807, 2.05) is 0 Å². The highest BCUT2D eigenvalue weighted by Crippen LogP contribution is 1.91. The second-order valence-electron chi connectivity index (χ2n) is 2.08. The molecule has 0 aliphatic carbocycles. The normalized spacial score (nSPS) is 12.4. The fourth-order valence-corrected chi connectivity index (χ4v) is 0.494. The second kappa shape index (κ2) is 5.41. The molecule has 0 heterocycles. The summed E-state index contributed by atoms with van der Waals surface area (Å²) in [5, 5.41) is 10.5. The monoisotopic (exact) mass is 197 g/mol. The lowest BCUT2D eigenvalue weighted by Crippen LogP contribution is -2.39. The molecule has 0 fully saturated rings. The quantitative estimate of drug-likeness (QED) is 0.561. The lowest BCUT2D eigenvalue weighted by atomic mass is 10.3. The maximum atomic E-state index is 11.6. The van der Waals surface area contributed by atoms with Gasteiger partial charge in [-0.3, -0.25) is 4.79 Å². The van der Waals surface area contributed by atoms with E-state index in [2.05, 4.69) is 4.74 Å². The van der Waals surface area contributed by atoms with Gasteiger partial charge in [-0.1, -0.05) is 0 Å². The summed E-state index contributed by atoms with van der Waals surface area (Å²) in [6.07, 6.45) is -4.78. The Morgan fingerprint density at radius 2 is 2.08 bits per heavy atom. The maximum Gasteiger partial charge on any atom is 0.336 e. The fraction of sp³-hybridized carbons (Fsp3) is 0.667. The first-order valence-corrected chi connectivity index (χ1v) is 3.30. The van der Waals surface area contributed by atoms with Gasteiger partial charge in [-0.05, 0) is 0 Å². The molecule has 0 aromatic heterocycles. The third kappa shape index (κ3) is 4.36. The summed E-state index contributed by atoms with van der Waals surface area (Å²) in [6, 6.07) is 0. The minimum atomic E-state index is -3.16. The smallest absolute Gasteiger partial charge is 0.336 e. The minimum Gasteiger partial charge on any atom is -0.467 e. The lowest BCUT2D eigenvalue weighted by Gasteiger charge is -2.08. The average Bonchev–Trinajstić information content (AvgIpc) is 2.11. The predicted octanol–water partition coefficient (Wildman–Crippen LogP) is -1.10. The number of carbonyl (C=O) groups excluding carboxylic acids is 2. The van der Waals surface area contributed by atoms with E-state index in [1.165, 1.54) is 0 Å². The van der Waals surface area contributed by atoms with E-state index in [9.17, 15) is 18.4 Å². The van der Waals surface area contributed by atoms with Crippen molar-refractivity contribution in [2.24, 2.45) is 0 Å². The highest BCUT2D eigenvalue weighted by molar-refractivity contribution is 5.80. The Bertz CT molecular complexity index is 197. The Labute approximate surface area is 72.7 Å². The Balaban J connectivity index is 3.76. The lowest BCUT2D eigenvalue weighted by molar-refractivity contribution is -0.150. The number of carbonyl (C=O) groups is 2. The van der Waals surface area contributed by atoms with Crippen molar-refractivity contribution in [3.63, 3.8) is 0 Å². The first kappa shape index (κ1) is 11.8. The largest absolute Gasteiger partial charge is 0.467 e. The Morgan fingerprint density at radius 1 is 1.54 bits per heavy atom. The maximum absolute atomic E-state index is 11.6. The predicted molar refractivity (Wildman–Crippen MR) is 37.0 cm³/mol. The van der Waals surface area contributed by atoms with Gasteiger partial charge in [0.05, 0.1) is 13.7 Å². The van der Waals surface area contributed by atoms with E-state index < -0.39 is 31.0 Å². The summed E-state index contributed by atoms with van der Waals surface area (Å²) in [7, 11) is 1.03. The molecule has 2 N–H and O–H groups in total. The van der Waals surface area contributed by atoms with E-state index in [0.717, 1.165) is 7.11 Å². The zero-order valence-electron chi connectivity index (χ0n) is 6.79. The van der Waals surface area contributed by atoms with Gasteiger partial charge in [-0.25, -0.2) is 4.79 Å². The van der Waals surface area contributed by atoms with Crippen molar-refractivity contribution in [3.8, 4) is 0 Å². The Kier molecular flexibility index (Phi) is 4.90. The van der Waals surface area contributed by atoms with E-state index in [1.54, 1.807) is 5.32 Å². The van der Waals surface area contributed by atoms with Crippen LogP contribution < -0.4 is 5.32 Å². The van der Waals surface area contributed by atoms with Crippen LogP contribution in [0, 0.1) is 0 Å². The van der Waals surface area contributed by atoms with Crippen LogP contribution in [-0.2, 0) is 14.3 Å². The van der Waals surface area contributed by atoms with Crippen molar-refractivity contribution in [3.05, 3.63) is 0 Å². The molecule has 0 aliphatic heterocycles. The average molecular weight is 197 g/mol. The van der Waals surface area contributed by atoms with Crippen molar-refractivity contribution in [1.82, 2.24) is 5.32 Å². The molecule has 0 aliphatic rings. The van der Waals surface area contributed by atoms with Crippen molar-refractivity contribution >= 4 is 11.9 Å². The number of aliphatic hydroxyl groups excluding tert-OH is 1. The number of rotatable bonds is 4. The summed E-state index contributed by atoms with van der Waals surface area (Å²) < 4.78 is 27.2. The van der Waals surface area contributed by atoms with E-state index >= 15 is 0 Å². The molecule has 5 nitrogen and oxygen atoms in total. The number of hydrogen-bond donors (Lipinski definition) is 2. The van der Waals surface area contributed by atoms with Gasteiger partial charge >= 0.3 is 12.4 Å². The molecule has 0 radical (unpaired) electrons. The molecule has 7 heteroatoms. The molecule has 0 bridgehead atoms. The highest BCUT2D eigenvalue weighted by atomic mass is 19.3. The fourth-order valence-electron chi connectivity index (χ4n) is 0.494. The van der Waals surface area contributed by atoms with Crippen LogP contribution in [0.5, 0.6) is 0 Å². The summed E-state index contributed by atoms with van der Waals surface area (Å²) in [5.41, 5.74) is 0. The molecule has 0 aromatic carbocycles. The molecular formula is C6H9F2NO4. The van der Waals surface area contributed by atoms with Crippen LogP contribution in [-0.4, -0.2) is 43.2 Å². The van der Waals surface area contributed by atoms with Gasteiger partial charge in [-0.15, -0.1) is 0 Å². The number of halogens is 2. The molecule has 0 aromatic rings. The van der Waals surface area contributed by atoms with Gasteiger partial charge in [0, 0.05) is 0 Å². The summed E-state index contributed by atoms with van der Waals surface area (Å²) >= 11 is 0. The second-order valence-corrected chi connectivity index (χ2v) is 2.08. The Hall–Kier alpha value is -1.24. The van der Waals surface area contributed by atoms with Gasteiger partial charge in [0.2, 0.25) is 0 Å². The van der Waals surface area contributed by atoms with Crippen LogP contribution in [0.3, 0.4) is 0 Å². The number of aliphatic hydroxyl groups is 1. The van der Waals surface area contributed by atoms with Crippen LogP contribution in [0.2, 0.25) is 0 Å². The van der Waals surface area contributed by atoms with Crippen molar-refractivity contribution in [1.29, 1.82) is 0 Å². The van der Waals surface area contributed by atoms with Crippen molar-refractivity contribution < 1.29 is 28.2 Å². The minimum absolute atomic E-state index is 0.587. The Morgan fingerprint density at radius 3 is 2.46 bits per heavy atom. The number of ether oxygens (including phenoxy) is 1. The molecule has 1 amide bonds. The number of hydrogen-bond acceptors (Lipinski definition) is 4. The topological polar surface area (TPSA) is 75.6 Å². The molecule has 0 spiro atoms. The van der Waals surface area contributed by atoms with Gasteiger partial charge in [0.1, 0.15) is 0 Å². The standard InChI is InChI=1S/C6H9F2NO4/c1-13-6(12)3(10)2-9-5(11)4(7)8/h3-4,10H,2H2,1H3,(H,9,11). The third-order valence-electron chi connectivity index (χ3n) is 1.14. The van der Waals surface area contributed by atoms with E-state index in [4.69, 9.17) is 5.11 Å². The molecule has 1 atom stereocenters. The summed E-state index contributed by atoms with van der Waals surface area (Å²) in [4.78, 5) is 20.7. The number of alkyl halides is 2. The van der Waals surface area contributed by atoms with Crippen LogP contribution in [0.1, 0.15) is 0 Å². The van der Waals surface area contributed by atoms with Gasteiger partial charge in [-0.2, -0.15) is 8.78 Å². The number of methoxy groups -OCH3 is 1. The van der Waals surface area contributed by atoms with E-state index in [0.29, 0.717) is 0 Å². The van der Waals surface area contributed by atoms with Gasteiger partial charge in [0.25, 0.3) is 5.91 Å². The molecule has 0 saturated carbocycles. The number of amides is 1. The summed E-state index contributed by atoms with van der Waals surface area (Å²) in [6.45, 7) is -0.587.